The Balaban J connectivity index is 0.925. The van der Waals surface area contributed by atoms with Crippen molar-refractivity contribution >= 4 is 66.5 Å². The normalized spacial score (nSPS) is 13.7. The van der Waals surface area contributed by atoms with E-state index in [0.29, 0.717) is 0 Å². The highest BCUT2D eigenvalue weighted by Gasteiger charge is 2.19. The number of para-hydroxylation sites is 3. The minimum Gasteiger partial charge on any atom is -0.309 e. The van der Waals surface area contributed by atoms with Crippen molar-refractivity contribution in [2.24, 2.45) is 0 Å². The van der Waals surface area contributed by atoms with Crippen LogP contribution < -0.4 is 10.4 Å². The Hall–Kier alpha value is -8.34. The molecule has 12 aromatic rings. The lowest BCUT2D eigenvalue weighted by Crippen LogP contribution is -2.28. The summed E-state index contributed by atoms with van der Waals surface area (Å²) in [4.78, 5) is 10.6. The maximum absolute atomic E-state index is 5.31. The van der Waals surface area contributed by atoms with Gasteiger partial charge in [0.2, 0.25) is 0 Å². The lowest BCUT2D eigenvalue weighted by molar-refractivity contribution is 0.866. The summed E-state index contributed by atoms with van der Waals surface area (Å²) in [5.41, 5.74) is 13.4. The average Bonchev–Trinajstić information content (AvgIpc) is 3.88. The molecule has 1 atom stereocenters. The second-order valence-corrected chi connectivity index (χ2v) is 17.0. The van der Waals surface area contributed by atoms with Crippen LogP contribution in [-0.4, -0.2) is 19.1 Å². The fraction of sp³-hybridized carbons (Fsp3) is 0.0333. The third-order valence-electron chi connectivity index (χ3n) is 13.2. The van der Waals surface area contributed by atoms with Crippen molar-refractivity contribution in [3.8, 4) is 45.1 Å². The Morgan fingerprint density at radius 1 is 0.375 bits per heavy atom. The van der Waals surface area contributed by atoms with Crippen LogP contribution in [0, 0.1) is 0 Å². The molecule has 4 nitrogen and oxygen atoms in total. The Bertz CT molecular complexity index is 3930. The fourth-order valence-electron chi connectivity index (χ4n) is 10.1. The fourth-order valence-corrected chi connectivity index (χ4v) is 10.1. The molecule has 0 aliphatic heterocycles. The minimum atomic E-state index is 0.144. The van der Waals surface area contributed by atoms with Crippen LogP contribution in [0.5, 0.6) is 0 Å². The van der Waals surface area contributed by atoms with Crippen LogP contribution in [0.1, 0.15) is 18.0 Å². The van der Waals surface area contributed by atoms with Gasteiger partial charge in [-0.1, -0.05) is 146 Å². The first-order valence-electron chi connectivity index (χ1n) is 22.1. The zero-order valence-corrected chi connectivity index (χ0v) is 34.9. The molecule has 0 saturated heterocycles. The molecule has 4 heteroatoms. The number of aromatic nitrogens is 4. The van der Waals surface area contributed by atoms with E-state index in [1.165, 1.54) is 75.9 Å². The number of benzene rings is 9. The monoisotopic (exact) mass is 816 g/mol. The van der Waals surface area contributed by atoms with E-state index in [1.54, 1.807) is 0 Å². The molecule has 13 rings (SSSR count). The van der Waals surface area contributed by atoms with Gasteiger partial charge in [-0.15, -0.1) is 0 Å². The highest BCUT2D eigenvalue weighted by molar-refractivity contribution is 6.12. The molecular formula is C60H40N4. The van der Waals surface area contributed by atoms with Gasteiger partial charge < -0.3 is 9.13 Å². The van der Waals surface area contributed by atoms with Crippen LogP contribution in [0.25, 0.3) is 112 Å². The predicted molar refractivity (Wildman–Crippen MR) is 267 cm³/mol. The number of hydrogen-bond donors (Lipinski definition) is 0. The minimum absolute atomic E-state index is 0.144. The van der Waals surface area contributed by atoms with Gasteiger partial charge in [0.15, 0.2) is 5.82 Å². The standard InChI is InChI=1S/C60H40N4/c1-2-16-48(17-3-1)63-57-21-11-9-19-51(57)53-36-44(29-33-58(53)63)45-28-32-52-50-18-8-10-20-56(50)64(59(52)37-45)49-30-26-41(27-31-49)60-61-54(46-24-22-39-12-4-6-14-42(39)34-46)38-55(62-60)47-25-23-40-13-5-7-15-43(40)35-47/h1-24,26-38,47H,25H2/t47-/m1/s1. The van der Waals surface area contributed by atoms with Crippen molar-refractivity contribution in [2.75, 3.05) is 0 Å². The molecule has 0 radical (unpaired) electrons. The van der Waals surface area contributed by atoms with E-state index >= 15 is 0 Å². The van der Waals surface area contributed by atoms with E-state index in [2.05, 4.69) is 234 Å². The van der Waals surface area contributed by atoms with Crippen LogP contribution in [0.4, 0.5) is 0 Å². The summed E-state index contributed by atoms with van der Waals surface area (Å²) >= 11 is 0. The molecule has 300 valence electrons. The second-order valence-electron chi connectivity index (χ2n) is 17.0. The van der Waals surface area contributed by atoms with Gasteiger partial charge >= 0.3 is 0 Å². The van der Waals surface area contributed by atoms with Crippen molar-refractivity contribution in [3.05, 3.63) is 228 Å². The molecule has 64 heavy (non-hydrogen) atoms. The summed E-state index contributed by atoms with van der Waals surface area (Å²) in [6.07, 6.45) is 5.60. The summed E-state index contributed by atoms with van der Waals surface area (Å²) in [7, 11) is 0. The maximum Gasteiger partial charge on any atom is 0.160 e. The number of fused-ring (bicyclic) bond motifs is 8. The third-order valence-corrected chi connectivity index (χ3v) is 13.2. The number of rotatable bonds is 6. The molecule has 1 aliphatic carbocycles. The van der Waals surface area contributed by atoms with Gasteiger partial charge in [0.25, 0.3) is 0 Å². The van der Waals surface area contributed by atoms with E-state index in [1.807, 2.05) is 0 Å². The quantitative estimate of drug-likeness (QED) is 0.168. The van der Waals surface area contributed by atoms with E-state index < -0.39 is 0 Å². The van der Waals surface area contributed by atoms with Crippen LogP contribution >= 0.6 is 0 Å². The summed E-state index contributed by atoms with van der Waals surface area (Å²) in [5.74, 6) is 0.873. The molecule has 3 aromatic heterocycles. The van der Waals surface area contributed by atoms with E-state index in [0.717, 1.165) is 46.1 Å². The molecule has 0 saturated carbocycles. The van der Waals surface area contributed by atoms with Crippen LogP contribution in [0.2, 0.25) is 0 Å². The highest BCUT2D eigenvalue weighted by Crippen LogP contribution is 2.39. The third kappa shape index (κ3) is 5.99. The molecule has 0 N–H and O–H groups in total. The lowest BCUT2D eigenvalue weighted by atomic mass is 9.93. The highest BCUT2D eigenvalue weighted by atomic mass is 15.0. The zero-order valence-electron chi connectivity index (χ0n) is 34.9. The topological polar surface area (TPSA) is 35.6 Å². The van der Waals surface area contributed by atoms with Gasteiger partial charge in [0.05, 0.1) is 33.5 Å². The van der Waals surface area contributed by atoms with E-state index in [-0.39, 0.29) is 5.92 Å². The predicted octanol–water partition coefficient (Wildman–Crippen LogP) is 13.6. The molecule has 9 aromatic carbocycles. The molecule has 0 amide bonds. The van der Waals surface area contributed by atoms with Gasteiger partial charge in [-0.3, -0.25) is 0 Å². The van der Waals surface area contributed by atoms with Crippen molar-refractivity contribution in [1.29, 1.82) is 0 Å². The molecule has 0 spiro atoms. The van der Waals surface area contributed by atoms with Crippen LogP contribution in [-0.2, 0) is 0 Å². The smallest absolute Gasteiger partial charge is 0.160 e. The second kappa shape index (κ2) is 14.6. The van der Waals surface area contributed by atoms with Gasteiger partial charge in [-0.25, -0.2) is 9.97 Å². The van der Waals surface area contributed by atoms with Crippen molar-refractivity contribution in [1.82, 2.24) is 19.1 Å². The zero-order chi connectivity index (χ0) is 42.1. The molecule has 0 unspecified atom stereocenters. The Kier molecular flexibility index (Phi) is 8.31. The summed E-state index contributed by atoms with van der Waals surface area (Å²) in [5, 5.41) is 9.89. The van der Waals surface area contributed by atoms with E-state index in [4.69, 9.17) is 9.97 Å². The van der Waals surface area contributed by atoms with Gasteiger partial charge in [0.1, 0.15) is 0 Å². The molecule has 3 heterocycles. The first-order chi connectivity index (χ1) is 31.7. The van der Waals surface area contributed by atoms with Crippen LogP contribution in [0.15, 0.2) is 212 Å². The lowest BCUT2D eigenvalue weighted by Gasteiger charge is -2.17. The van der Waals surface area contributed by atoms with Gasteiger partial charge in [-0.2, -0.15) is 0 Å². The Morgan fingerprint density at radius 3 is 1.80 bits per heavy atom. The average molecular weight is 817 g/mol. The Morgan fingerprint density at radius 2 is 0.969 bits per heavy atom. The van der Waals surface area contributed by atoms with Crippen molar-refractivity contribution in [2.45, 2.75) is 12.3 Å². The first kappa shape index (κ1) is 36.3. The van der Waals surface area contributed by atoms with E-state index in [9.17, 15) is 0 Å². The molecule has 0 bridgehead atoms. The number of nitrogens with zero attached hydrogens (tertiary/aromatic N) is 4. The summed E-state index contributed by atoms with van der Waals surface area (Å²) in [6.45, 7) is 0. The summed E-state index contributed by atoms with van der Waals surface area (Å²) < 4.78 is 4.77. The SMILES string of the molecule is C1=c2ccccc2=C[C@H](c2cc(-c3ccc4ccccc4c3)nc(-c3ccc(-n4c5ccccc5c5ccc(-c6ccc7c(c6)c6ccccc6n7-c6ccccc6)cc54)cc3)n2)C1. The number of hydrogen-bond acceptors (Lipinski definition) is 2. The molecule has 1 aliphatic rings. The molecule has 0 fully saturated rings. The van der Waals surface area contributed by atoms with Gasteiger partial charge in [0, 0.05) is 50.0 Å². The van der Waals surface area contributed by atoms with Crippen molar-refractivity contribution in [3.63, 3.8) is 0 Å². The largest absolute Gasteiger partial charge is 0.309 e. The molecular weight excluding hydrogens is 777 g/mol. The maximum atomic E-state index is 5.31. The van der Waals surface area contributed by atoms with Crippen LogP contribution in [0.3, 0.4) is 0 Å². The Labute approximate surface area is 370 Å². The van der Waals surface area contributed by atoms with Crippen molar-refractivity contribution < 1.29 is 0 Å². The first-order valence-corrected chi connectivity index (χ1v) is 22.1. The van der Waals surface area contributed by atoms with Gasteiger partial charge in [-0.05, 0) is 118 Å². The summed E-state index contributed by atoms with van der Waals surface area (Å²) in [6, 6.07) is 76.7.